The van der Waals surface area contributed by atoms with E-state index >= 15 is 0 Å². The lowest BCUT2D eigenvalue weighted by atomic mass is 9.84. The molecular weight excluding hydrogens is 1480 g/mol. The van der Waals surface area contributed by atoms with Crippen molar-refractivity contribution in [3.63, 3.8) is 0 Å². The molecule has 12 nitrogen and oxygen atoms in total. The average molecular weight is 1580 g/mol. The van der Waals surface area contributed by atoms with Crippen molar-refractivity contribution >= 4 is 43.6 Å². The maximum absolute atomic E-state index is 6.38. The lowest BCUT2D eigenvalue weighted by Crippen LogP contribution is -2.10. The molecule has 28 bridgehead atoms. The number of benzene rings is 12. The Hall–Kier alpha value is -13.3. The Morgan fingerprint density at radius 2 is 0.325 bits per heavy atom. The van der Waals surface area contributed by atoms with Crippen molar-refractivity contribution in [2.24, 2.45) is 0 Å². The van der Waals surface area contributed by atoms with E-state index in [9.17, 15) is 0 Å². The third kappa shape index (κ3) is 15.1. The van der Waals surface area contributed by atoms with Crippen molar-refractivity contribution in [3.05, 3.63) is 307 Å². The lowest BCUT2D eigenvalue weighted by Gasteiger charge is -2.22. The van der Waals surface area contributed by atoms with Gasteiger partial charge in [0, 0.05) is 43.8 Å². The van der Waals surface area contributed by atoms with Crippen molar-refractivity contribution < 1.29 is 37.9 Å². The van der Waals surface area contributed by atoms with Gasteiger partial charge in [0.2, 0.25) is 0 Å². The van der Waals surface area contributed by atoms with Gasteiger partial charge in [0.1, 0.15) is 98.9 Å². The number of rotatable bonds is 0. The van der Waals surface area contributed by atoms with Gasteiger partial charge in [0.15, 0.2) is 0 Å². The quantitative estimate of drug-likeness (QED) is 0.134. The molecule has 0 saturated heterocycles. The molecule has 0 amide bonds. The first-order valence-electron chi connectivity index (χ1n) is 41.6. The Morgan fingerprint density at radius 3 is 0.508 bits per heavy atom. The maximum Gasteiger partial charge on any atom is 0.122 e. The van der Waals surface area contributed by atoms with Crippen LogP contribution in [0.4, 0.5) is 0 Å². The smallest absolute Gasteiger partial charge is 0.122 e. The van der Waals surface area contributed by atoms with Gasteiger partial charge in [0.25, 0.3) is 0 Å². The number of nitrogens with zero attached hydrogens (tertiary/aromatic N) is 4. The molecule has 0 fully saturated rings. The zero-order chi connectivity index (χ0) is 83.3. The van der Waals surface area contributed by atoms with Gasteiger partial charge in [-0.2, -0.15) is 0 Å². The van der Waals surface area contributed by atoms with E-state index in [-0.39, 0.29) is 0 Å². The fourth-order valence-corrected chi connectivity index (χ4v) is 18.1. The van der Waals surface area contributed by atoms with E-state index in [4.69, 9.17) is 57.8 Å². The van der Waals surface area contributed by atoms with Crippen molar-refractivity contribution in [2.75, 3.05) is 52.9 Å². The topological polar surface area (TPSA) is 125 Å². The second-order valence-corrected chi connectivity index (χ2v) is 32.0. The molecule has 0 atom stereocenters. The van der Waals surface area contributed by atoms with Gasteiger partial charge in [-0.05, 0) is 366 Å². The molecule has 4 aromatic heterocycles. The molecule has 32 rings (SSSR count). The number of hydrogen-bond acceptors (Lipinski definition) is 12. The largest absolute Gasteiger partial charge is 0.490 e. The van der Waals surface area contributed by atoms with E-state index in [1.54, 1.807) is 0 Å². The van der Waals surface area contributed by atoms with Crippen molar-refractivity contribution in [2.45, 2.75) is 111 Å². The van der Waals surface area contributed by atoms with Crippen LogP contribution in [0.15, 0.2) is 218 Å². The lowest BCUT2D eigenvalue weighted by molar-refractivity contribution is 0.213. The van der Waals surface area contributed by atoms with Crippen molar-refractivity contribution in [1.82, 2.24) is 19.9 Å². The Balaban J connectivity index is 0.633. The summed E-state index contributed by atoms with van der Waals surface area (Å²) in [5.74, 6) is 6.01. The van der Waals surface area contributed by atoms with Crippen LogP contribution in [0, 0.1) is 111 Å². The summed E-state index contributed by atoms with van der Waals surface area (Å²) in [6.45, 7) is 38.5. The SMILES string of the molecule is Cc1c(C)c2c(C)c(C)c1-c1cccc(c1)OCCOc1ccc(cc1)OCCOc1cccc(c1)-c1c(C)c(C)c(c(C)c1C)-c1ccc3ccc4ccc(nc4c3n1)-c1c(C)c(C)c(c(C)c1C)-c1cccc(c1)OCCOc1ccc(cc1)OCCOc1cccc(c1)-c1c(C)c(C)c(c(C)c1C)-c1ccc3ccc4ccc-2nc4c3n1. The summed E-state index contributed by atoms with van der Waals surface area (Å²) in [5.41, 5.74) is 39.9. The molecule has 16 aromatic rings. The van der Waals surface area contributed by atoms with Crippen LogP contribution < -0.4 is 37.9 Å². The van der Waals surface area contributed by atoms with Gasteiger partial charge in [-0.25, -0.2) is 19.9 Å². The molecule has 20 heterocycles. The van der Waals surface area contributed by atoms with E-state index in [1.807, 2.05) is 72.8 Å². The first-order valence-corrected chi connectivity index (χ1v) is 41.6. The molecule has 0 aliphatic carbocycles. The molecule has 0 N–H and O–H groups in total. The van der Waals surface area contributed by atoms with E-state index in [2.05, 4.69) is 256 Å². The summed E-state index contributed by atoms with van der Waals surface area (Å²) in [6, 6.07) is 75.0. The average Bonchev–Trinajstić information content (AvgIpc) is 0.742. The Morgan fingerprint density at radius 1 is 0.167 bits per heavy atom. The zero-order valence-electron chi connectivity index (χ0n) is 71.5. The Bertz CT molecular complexity index is 5820. The highest BCUT2D eigenvalue weighted by molar-refractivity contribution is 6.06. The molecule has 120 heavy (non-hydrogen) atoms. The number of pyridine rings is 4. The summed E-state index contributed by atoms with van der Waals surface area (Å²) in [5, 5.41) is 4.16. The standard InChI is InChI=1S/C108H100N4O8/c1-61-69(9)101-70(10)62(2)97(61)81-21-17-25-89(57-81)117-53-49-113-85-37-39-86(40-38-85)114-50-54-118-91-27-19-23-83(59-91)99-65(5)73(13)103(74(14)66(99)6)95-47-35-79-31-32-80-36-48-96(112-108(80)107(79)111-95)104-75(15)67(7)100(68(8)76(104)16)84-24-20-28-92(60-84)120-56-52-116-88-43-41-87(42-44-88)115-51-55-119-90-26-18-22-82(58-90)98-63(3)71(11)102(72(12)64(98)4)94-46-34-78-30-29-77-33-45-93(101)109-105(77)106(78)110-94/h17-48,57-60H,49-56H2,1-16H3. The third-order valence-electron chi connectivity index (χ3n) is 25.2. The molecule has 16 aliphatic heterocycles. The van der Waals surface area contributed by atoms with Gasteiger partial charge in [-0.3, -0.25) is 0 Å². The van der Waals surface area contributed by atoms with Crippen LogP contribution in [0.2, 0.25) is 0 Å². The van der Waals surface area contributed by atoms with Crippen molar-refractivity contribution in [3.8, 4) is 136 Å². The normalized spacial score (nSPS) is 12.9. The minimum atomic E-state index is 0.363. The number of aromatic nitrogens is 4. The zero-order valence-corrected chi connectivity index (χ0v) is 71.5. The molecule has 0 unspecified atom stereocenters. The van der Waals surface area contributed by atoms with E-state index in [1.165, 1.54) is 111 Å². The molecule has 12 aromatic carbocycles. The predicted molar refractivity (Wildman–Crippen MR) is 490 cm³/mol. The van der Waals surface area contributed by atoms with Crippen molar-refractivity contribution in [1.29, 1.82) is 0 Å². The van der Waals surface area contributed by atoms with E-state index < -0.39 is 0 Å². The van der Waals surface area contributed by atoms with E-state index in [0.29, 0.717) is 52.9 Å². The van der Waals surface area contributed by atoms with Crippen LogP contribution in [0.3, 0.4) is 0 Å². The first-order chi connectivity index (χ1) is 58.1. The van der Waals surface area contributed by atoms with Crippen LogP contribution in [-0.4, -0.2) is 72.8 Å². The van der Waals surface area contributed by atoms with E-state index in [0.717, 1.165) is 157 Å². The highest BCUT2D eigenvalue weighted by Crippen LogP contribution is 2.47. The summed E-state index contributed by atoms with van der Waals surface area (Å²) < 4.78 is 50.3. The molecule has 16 aliphatic rings. The van der Waals surface area contributed by atoms with Crippen LogP contribution in [0.1, 0.15) is 89.0 Å². The Kier molecular flexibility index (Phi) is 21.9. The predicted octanol–water partition coefficient (Wildman–Crippen LogP) is 26.3. The first kappa shape index (κ1) is 79.2. The third-order valence-corrected chi connectivity index (χ3v) is 25.2. The fourth-order valence-electron chi connectivity index (χ4n) is 18.1. The highest BCUT2D eigenvalue weighted by atomic mass is 16.5. The second kappa shape index (κ2) is 33.2. The molecule has 0 radical (unpaired) electrons. The summed E-state index contributed by atoms with van der Waals surface area (Å²) in [7, 11) is 0. The monoisotopic (exact) mass is 1580 g/mol. The van der Waals surface area contributed by atoms with Crippen LogP contribution >= 0.6 is 0 Å². The number of hydrogen-bond donors (Lipinski definition) is 0. The molecular formula is C108H100N4O8. The minimum absolute atomic E-state index is 0.363. The van der Waals surface area contributed by atoms with Crippen LogP contribution in [0.25, 0.3) is 133 Å². The molecule has 12 heteroatoms. The molecule has 600 valence electrons. The molecule has 0 saturated carbocycles. The van der Waals surface area contributed by atoms with Gasteiger partial charge in [-0.1, -0.05) is 97.1 Å². The van der Waals surface area contributed by atoms with Crippen LogP contribution in [-0.2, 0) is 0 Å². The van der Waals surface area contributed by atoms with Gasteiger partial charge >= 0.3 is 0 Å². The fraction of sp³-hybridized carbons (Fsp3) is 0.222. The van der Waals surface area contributed by atoms with Crippen LogP contribution in [0.5, 0.6) is 46.0 Å². The maximum atomic E-state index is 6.38. The summed E-state index contributed by atoms with van der Waals surface area (Å²) in [6.07, 6.45) is 0. The van der Waals surface area contributed by atoms with Gasteiger partial charge < -0.3 is 37.9 Å². The summed E-state index contributed by atoms with van der Waals surface area (Å²) in [4.78, 5) is 22.2. The minimum Gasteiger partial charge on any atom is -0.490 e. The Labute approximate surface area is 703 Å². The molecule has 0 spiro atoms. The van der Waals surface area contributed by atoms with Gasteiger partial charge in [-0.15, -0.1) is 0 Å². The number of ether oxygens (including phenoxy) is 8. The second-order valence-electron chi connectivity index (χ2n) is 32.0. The highest BCUT2D eigenvalue weighted by Gasteiger charge is 2.26. The van der Waals surface area contributed by atoms with Gasteiger partial charge in [0.05, 0.1) is 44.8 Å². The summed E-state index contributed by atoms with van der Waals surface area (Å²) >= 11 is 0.